The number of phenols is 1. The molecule has 6 heteroatoms. The summed E-state index contributed by atoms with van der Waals surface area (Å²) in [5.74, 6) is -4.60. The van der Waals surface area contributed by atoms with E-state index in [1.54, 1.807) is 0 Å². The normalized spacial score (nSPS) is 10.3. The van der Waals surface area contributed by atoms with Gasteiger partial charge in [0.2, 0.25) is 5.82 Å². The average Bonchev–Trinajstić information content (AvgIpc) is 2.29. The summed E-state index contributed by atoms with van der Waals surface area (Å²) in [6, 6.07) is 1.12. The number of halogens is 2. The van der Waals surface area contributed by atoms with Crippen LogP contribution in [0.15, 0.2) is 6.07 Å². The molecule has 0 fully saturated rings. The van der Waals surface area contributed by atoms with E-state index in [-0.39, 0.29) is 30.6 Å². The molecule has 0 saturated heterocycles. The molecule has 0 amide bonds. The van der Waals surface area contributed by atoms with Gasteiger partial charge in [0.05, 0.1) is 7.11 Å². The summed E-state index contributed by atoms with van der Waals surface area (Å²) < 4.78 is 31.2. The summed E-state index contributed by atoms with van der Waals surface area (Å²) in [5.41, 5.74) is 0.0296. The van der Waals surface area contributed by atoms with Gasteiger partial charge in [-0.15, -0.1) is 0 Å². The number of benzene rings is 1. The second-order valence-electron chi connectivity index (χ2n) is 3.46. The molecule has 0 aromatic heterocycles. The highest BCUT2D eigenvalue weighted by molar-refractivity contribution is 5.66. The van der Waals surface area contributed by atoms with Crippen molar-refractivity contribution in [3.8, 4) is 11.5 Å². The van der Waals surface area contributed by atoms with Crippen LogP contribution in [0.3, 0.4) is 0 Å². The maximum atomic E-state index is 13.4. The molecule has 0 aliphatic heterocycles. The highest BCUT2D eigenvalue weighted by atomic mass is 19.1. The van der Waals surface area contributed by atoms with Gasteiger partial charge in [0.1, 0.15) is 0 Å². The molecule has 0 heterocycles. The van der Waals surface area contributed by atoms with Gasteiger partial charge in [0, 0.05) is 6.42 Å². The molecule has 1 aromatic rings. The Morgan fingerprint density at radius 1 is 1.41 bits per heavy atom. The monoisotopic (exact) mass is 246 g/mol. The largest absolute Gasteiger partial charge is 0.503 e. The van der Waals surface area contributed by atoms with Gasteiger partial charge in [0.15, 0.2) is 17.3 Å². The molecule has 2 N–H and O–H groups in total. The Labute approximate surface area is 96.5 Å². The van der Waals surface area contributed by atoms with Gasteiger partial charge in [-0.1, -0.05) is 0 Å². The Hall–Kier alpha value is -1.85. The smallest absolute Gasteiger partial charge is 0.303 e. The molecule has 0 aliphatic rings. The minimum atomic E-state index is -1.16. The molecule has 0 saturated carbocycles. The van der Waals surface area contributed by atoms with Crippen molar-refractivity contribution in [2.24, 2.45) is 0 Å². The number of carbonyl (C=O) groups is 1. The fraction of sp³-hybridized carbons (Fsp3) is 0.364. The van der Waals surface area contributed by atoms with Crippen LogP contribution in [0, 0.1) is 11.6 Å². The third-order valence-electron chi connectivity index (χ3n) is 2.28. The maximum Gasteiger partial charge on any atom is 0.303 e. The van der Waals surface area contributed by atoms with Crippen LogP contribution < -0.4 is 4.74 Å². The van der Waals surface area contributed by atoms with Gasteiger partial charge in [-0.25, -0.2) is 4.39 Å². The molecule has 1 aromatic carbocycles. The molecule has 0 atom stereocenters. The van der Waals surface area contributed by atoms with E-state index in [0.29, 0.717) is 0 Å². The zero-order chi connectivity index (χ0) is 13.0. The molecule has 4 nitrogen and oxygen atoms in total. The number of ether oxygens (including phenoxy) is 1. The molecule has 1 rings (SSSR count). The first-order valence-electron chi connectivity index (χ1n) is 4.93. The van der Waals surface area contributed by atoms with Crippen LogP contribution in [-0.4, -0.2) is 23.3 Å². The van der Waals surface area contributed by atoms with Crippen LogP contribution >= 0.6 is 0 Å². The van der Waals surface area contributed by atoms with Crippen molar-refractivity contribution >= 4 is 5.97 Å². The fourth-order valence-electron chi connectivity index (χ4n) is 1.41. The first-order valence-corrected chi connectivity index (χ1v) is 4.93. The summed E-state index contributed by atoms with van der Waals surface area (Å²) in [7, 11) is 1.19. The molecule has 0 unspecified atom stereocenters. The van der Waals surface area contributed by atoms with Crippen molar-refractivity contribution in [1.29, 1.82) is 0 Å². The Bertz CT molecular complexity index is 432. The Balaban J connectivity index is 2.92. The molecule has 0 radical (unpaired) electrons. The first kappa shape index (κ1) is 13.2. The Morgan fingerprint density at radius 2 is 2.06 bits per heavy atom. The van der Waals surface area contributed by atoms with Gasteiger partial charge in [0.25, 0.3) is 0 Å². The van der Waals surface area contributed by atoms with E-state index in [2.05, 4.69) is 4.74 Å². The van der Waals surface area contributed by atoms with Crippen molar-refractivity contribution in [3.05, 3.63) is 23.3 Å². The zero-order valence-corrected chi connectivity index (χ0v) is 9.17. The SMILES string of the molecule is COc1cc(CCCC(=O)O)c(F)c(O)c1F. The van der Waals surface area contributed by atoms with E-state index in [9.17, 15) is 13.6 Å². The van der Waals surface area contributed by atoms with Crippen LogP contribution in [0.25, 0.3) is 0 Å². The van der Waals surface area contributed by atoms with Crippen molar-refractivity contribution < 1.29 is 28.5 Å². The van der Waals surface area contributed by atoms with Gasteiger partial charge >= 0.3 is 5.97 Å². The summed E-state index contributed by atoms with van der Waals surface area (Å²) in [4.78, 5) is 10.3. The number of aliphatic carboxylic acids is 1. The van der Waals surface area contributed by atoms with Crippen molar-refractivity contribution in [3.63, 3.8) is 0 Å². The fourth-order valence-corrected chi connectivity index (χ4v) is 1.41. The second-order valence-corrected chi connectivity index (χ2v) is 3.46. The molecule has 17 heavy (non-hydrogen) atoms. The van der Waals surface area contributed by atoms with E-state index in [4.69, 9.17) is 10.2 Å². The van der Waals surface area contributed by atoms with Crippen molar-refractivity contribution in [1.82, 2.24) is 0 Å². The molecule has 0 bridgehead atoms. The minimum absolute atomic E-state index is 0.0296. The highest BCUT2D eigenvalue weighted by Crippen LogP contribution is 2.31. The summed E-state index contributed by atoms with van der Waals surface area (Å²) in [5, 5.41) is 17.6. The molecule has 94 valence electrons. The number of carboxylic acids is 1. The quantitative estimate of drug-likeness (QED) is 0.834. The number of hydrogen-bond acceptors (Lipinski definition) is 3. The first-order chi connectivity index (χ1) is 7.97. The minimum Gasteiger partial charge on any atom is -0.503 e. The third kappa shape index (κ3) is 3.05. The molecular formula is C11H12F2O4. The number of aryl methyl sites for hydroxylation is 1. The maximum absolute atomic E-state index is 13.4. The third-order valence-corrected chi connectivity index (χ3v) is 2.28. The van der Waals surface area contributed by atoms with E-state index >= 15 is 0 Å². The van der Waals surface area contributed by atoms with Gasteiger partial charge in [-0.05, 0) is 24.5 Å². The predicted octanol–water partition coefficient (Wildman–Crippen LogP) is 2.09. The van der Waals surface area contributed by atoms with Gasteiger partial charge in [-0.3, -0.25) is 4.79 Å². The van der Waals surface area contributed by atoms with Crippen molar-refractivity contribution in [2.75, 3.05) is 7.11 Å². The lowest BCUT2D eigenvalue weighted by molar-refractivity contribution is -0.137. The van der Waals surface area contributed by atoms with E-state index in [1.165, 1.54) is 7.11 Å². The summed E-state index contributed by atoms with van der Waals surface area (Å²) in [6.07, 6.45) is 0.155. The van der Waals surface area contributed by atoms with Crippen LogP contribution in [0.2, 0.25) is 0 Å². The van der Waals surface area contributed by atoms with E-state index < -0.39 is 23.4 Å². The number of methoxy groups -OCH3 is 1. The number of carboxylic acid groups (broad SMARTS) is 1. The standard InChI is InChI=1S/C11H12F2O4/c1-17-7-5-6(3-2-4-8(14)15)9(12)11(16)10(7)13/h5,16H,2-4H2,1H3,(H,14,15). The molecule has 0 aliphatic carbocycles. The lowest BCUT2D eigenvalue weighted by Gasteiger charge is -2.09. The van der Waals surface area contributed by atoms with Crippen LogP contribution in [0.5, 0.6) is 11.5 Å². The number of phenolic OH excluding ortho intramolecular Hbond substituents is 1. The topological polar surface area (TPSA) is 66.8 Å². The van der Waals surface area contributed by atoms with Gasteiger partial charge < -0.3 is 14.9 Å². The van der Waals surface area contributed by atoms with Crippen LogP contribution in [0.4, 0.5) is 8.78 Å². The highest BCUT2D eigenvalue weighted by Gasteiger charge is 2.18. The van der Waals surface area contributed by atoms with Crippen LogP contribution in [-0.2, 0) is 11.2 Å². The average molecular weight is 246 g/mol. The lowest BCUT2D eigenvalue weighted by Crippen LogP contribution is -2.00. The van der Waals surface area contributed by atoms with E-state index in [1.807, 2.05) is 0 Å². The molecule has 0 spiro atoms. The van der Waals surface area contributed by atoms with E-state index in [0.717, 1.165) is 6.07 Å². The second kappa shape index (κ2) is 5.47. The lowest BCUT2D eigenvalue weighted by atomic mass is 10.1. The predicted molar refractivity (Wildman–Crippen MR) is 55.1 cm³/mol. The molecular weight excluding hydrogens is 234 g/mol. The van der Waals surface area contributed by atoms with Crippen molar-refractivity contribution in [2.45, 2.75) is 19.3 Å². The number of rotatable bonds is 5. The Morgan fingerprint density at radius 3 is 2.59 bits per heavy atom. The number of hydrogen-bond donors (Lipinski definition) is 2. The number of aromatic hydroxyl groups is 1. The van der Waals surface area contributed by atoms with Gasteiger partial charge in [-0.2, -0.15) is 4.39 Å². The Kier molecular flexibility index (Phi) is 4.25. The summed E-state index contributed by atoms with van der Waals surface area (Å²) in [6.45, 7) is 0. The summed E-state index contributed by atoms with van der Waals surface area (Å²) >= 11 is 0. The van der Waals surface area contributed by atoms with Crippen LogP contribution in [0.1, 0.15) is 18.4 Å². The zero-order valence-electron chi connectivity index (χ0n) is 9.17.